The highest BCUT2D eigenvalue weighted by atomic mass is 16.5. The van der Waals surface area contributed by atoms with E-state index in [9.17, 15) is 9.90 Å². The predicted molar refractivity (Wildman–Crippen MR) is 61.6 cm³/mol. The molecule has 1 heterocycles. The molecule has 1 atom stereocenters. The van der Waals surface area contributed by atoms with Crippen LogP contribution in [0, 0.1) is 0 Å². The number of carbonyl (C=O) groups is 1. The third-order valence-corrected chi connectivity index (χ3v) is 3.07. The number of likely N-dealkylation sites (N-methyl/N-ethyl adjacent to an activating group) is 1. The fraction of sp³-hybridized carbons (Fsp3) is 0.909. The Hall–Kier alpha value is -0.650. The molecule has 0 radical (unpaired) electrons. The number of carboxylic acid groups (broad SMARTS) is 1. The minimum atomic E-state index is -0.812. The van der Waals surface area contributed by atoms with E-state index in [1.54, 1.807) is 6.92 Å². The van der Waals surface area contributed by atoms with Gasteiger partial charge >= 0.3 is 5.97 Å². The highest BCUT2D eigenvalue weighted by Gasteiger charge is 2.32. The lowest BCUT2D eigenvalue weighted by Crippen LogP contribution is -2.52. The van der Waals surface area contributed by atoms with Gasteiger partial charge in [-0.2, -0.15) is 0 Å². The van der Waals surface area contributed by atoms with Gasteiger partial charge in [0.2, 0.25) is 0 Å². The quantitative estimate of drug-likeness (QED) is 0.680. The second kappa shape index (κ2) is 6.18. The first-order chi connectivity index (χ1) is 7.58. The number of nitrogens with one attached hydrogen (secondary N) is 1. The van der Waals surface area contributed by atoms with E-state index in [2.05, 4.69) is 10.2 Å². The highest BCUT2D eigenvalue weighted by molar-refractivity contribution is 5.78. The molecule has 5 heteroatoms. The zero-order valence-electron chi connectivity index (χ0n) is 10.2. The van der Waals surface area contributed by atoms with E-state index in [1.165, 1.54) is 0 Å². The lowest BCUT2D eigenvalue weighted by molar-refractivity contribution is -0.144. The van der Waals surface area contributed by atoms with E-state index in [1.807, 2.05) is 6.92 Å². The molecule has 0 saturated carbocycles. The van der Waals surface area contributed by atoms with Gasteiger partial charge in [-0.25, -0.2) is 0 Å². The number of hydrogen-bond acceptors (Lipinski definition) is 4. The summed E-state index contributed by atoms with van der Waals surface area (Å²) in [7, 11) is 0. The summed E-state index contributed by atoms with van der Waals surface area (Å²) in [6, 6.07) is 0. The van der Waals surface area contributed by atoms with E-state index < -0.39 is 11.5 Å². The maximum atomic E-state index is 11.2. The van der Waals surface area contributed by atoms with Crippen LogP contribution in [0.3, 0.4) is 0 Å². The van der Waals surface area contributed by atoms with E-state index >= 15 is 0 Å². The van der Waals surface area contributed by atoms with Crippen molar-refractivity contribution in [2.75, 3.05) is 39.4 Å². The summed E-state index contributed by atoms with van der Waals surface area (Å²) in [6.45, 7) is 8.47. The molecule has 1 aliphatic heterocycles. The van der Waals surface area contributed by atoms with Gasteiger partial charge in [0.1, 0.15) is 5.54 Å². The molecule has 1 saturated heterocycles. The predicted octanol–water partition coefficient (Wildman–Crippen LogP) is 0.162. The molecule has 1 unspecified atom stereocenters. The SMILES string of the molecule is CCNC(C)(CCN1CCOCC1)C(=O)O. The van der Waals surface area contributed by atoms with Gasteiger partial charge < -0.3 is 15.2 Å². The van der Waals surface area contributed by atoms with Gasteiger partial charge in [-0.05, 0) is 19.9 Å². The molecule has 0 aliphatic carbocycles. The largest absolute Gasteiger partial charge is 0.480 e. The van der Waals surface area contributed by atoms with Gasteiger partial charge in [-0.3, -0.25) is 9.69 Å². The number of rotatable bonds is 6. The highest BCUT2D eigenvalue weighted by Crippen LogP contribution is 2.11. The fourth-order valence-electron chi connectivity index (χ4n) is 1.87. The van der Waals surface area contributed by atoms with Crippen molar-refractivity contribution in [1.82, 2.24) is 10.2 Å². The number of aliphatic carboxylic acids is 1. The summed E-state index contributed by atoms with van der Waals surface area (Å²) in [4.78, 5) is 13.4. The maximum absolute atomic E-state index is 11.2. The van der Waals surface area contributed by atoms with Crippen LogP contribution in [0.25, 0.3) is 0 Å². The van der Waals surface area contributed by atoms with Crippen LogP contribution in [0.2, 0.25) is 0 Å². The summed E-state index contributed by atoms with van der Waals surface area (Å²) in [6.07, 6.45) is 0.621. The molecular formula is C11H22N2O3. The molecule has 0 aromatic rings. The fourth-order valence-corrected chi connectivity index (χ4v) is 1.87. The van der Waals surface area contributed by atoms with Gasteiger partial charge in [-0.1, -0.05) is 6.92 Å². The van der Waals surface area contributed by atoms with Crippen molar-refractivity contribution in [2.24, 2.45) is 0 Å². The molecule has 0 amide bonds. The molecule has 2 N–H and O–H groups in total. The molecule has 1 fully saturated rings. The Balaban J connectivity index is 2.39. The van der Waals surface area contributed by atoms with Crippen molar-refractivity contribution in [3.63, 3.8) is 0 Å². The molecule has 0 spiro atoms. The van der Waals surface area contributed by atoms with Crippen molar-refractivity contribution in [1.29, 1.82) is 0 Å². The van der Waals surface area contributed by atoms with Crippen LogP contribution in [0.4, 0.5) is 0 Å². The number of morpholine rings is 1. The Labute approximate surface area is 96.8 Å². The molecule has 0 aromatic heterocycles. The van der Waals surface area contributed by atoms with Crippen LogP contribution in [-0.4, -0.2) is 60.9 Å². The first kappa shape index (κ1) is 13.4. The van der Waals surface area contributed by atoms with Gasteiger partial charge in [0.05, 0.1) is 13.2 Å². The lowest BCUT2D eigenvalue weighted by Gasteiger charge is -2.31. The standard InChI is InChI=1S/C11H22N2O3/c1-3-12-11(2,10(14)15)4-5-13-6-8-16-9-7-13/h12H,3-9H2,1-2H3,(H,14,15). The van der Waals surface area contributed by atoms with E-state index in [0.29, 0.717) is 13.0 Å². The summed E-state index contributed by atoms with van der Waals surface area (Å²) in [5, 5.41) is 12.2. The number of hydrogen-bond donors (Lipinski definition) is 2. The number of nitrogens with zero attached hydrogens (tertiary/aromatic N) is 1. The summed E-state index contributed by atoms with van der Waals surface area (Å²) in [5.74, 6) is -0.775. The maximum Gasteiger partial charge on any atom is 0.323 e. The monoisotopic (exact) mass is 230 g/mol. The lowest BCUT2D eigenvalue weighted by atomic mass is 9.97. The zero-order chi connectivity index (χ0) is 12.0. The van der Waals surface area contributed by atoms with Gasteiger partial charge in [0, 0.05) is 19.6 Å². The van der Waals surface area contributed by atoms with Crippen LogP contribution in [0.1, 0.15) is 20.3 Å². The minimum Gasteiger partial charge on any atom is -0.480 e. The Morgan fingerprint density at radius 1 is 1.50 bits per heavy atom. The van der Waals surface area contributed by atoms with E-state index in [0.717, 1.165) is 32.8 Å². The average molecular weight is 230 g/mol. The minimum absolute atomic E-state index is 0.621. The Morgan fingerprint density at radius 3 is 2.62 bits per heavy atom. The Morgan fingerprint density at radius 2 is 2.12 bits per heavy atom. The van der Waals surface area contributed by atoms with Gasteiger partial charge in [-0.15, -0.1) is 0 Å². The molecule has 0 bridgehead atoms. The average Bonchev–Trinajstić information content (AvgIpc) is 2.28. The smallest absolute Gasteiger partial charge is 0.323 e. The molecule has 94 valence electrons. The van der Waals surface area contributed by atoms with Crippen LogP contribution in [-0.2, 0) is 9.53 Å². The zero-order valence-corrected chi connectivity index (χ0v) is 10.2. The van der Waals surface area contributed by atoms with Crippen molar-refractivity contribution >= 4 is 5.97 Å². The molecule has 1 aliphatic rings. The molecular weight excluding hydrogens is 208 g/mol. The van der Waals surface area contributed by atoms with Crippen LogP contribution >= 0.6 is 0 Å². The third-order valence-electron chi connectivity index (χ3n) is 3.07. The molecule has 16 heavy (non-hydrogen) atoms. The topological polar surface area (TPSA) is 61.8 Å². The van der Waals surface area contributed by atoms with E-state index in [-0.39, 0.29) is 0 Å². The molecule has 1 rings (SSSR count). The number of ether oxygens (including phenoxy) is 1. The molecule has 0 aromatic carbocycles. The van der Waals surface area contributed by atoms with Crippen molar-refractivity contribution in [3.05, 3.63) is 0 Å². The van der Waals surface area contributed by atoms with Crippen molar-refractivity contribution in [2.45, 2.75) is 25.8 Å². The Kier molecular flexibility index (Phi) is 5.18. The van der Waals surface area contributed by atoms with Gasteiger partial charge in [0.25, 0.3) is 0 Å². The summed E-state index contributed by atoms with van der Waals surface area (Å²) < 4.78 is 5.25. The molecule has 5 nitrogen and oxygen atoms in total. The second-order valence-electron chi connectivity index (χ2n) is 4.37. The summed E-state index contributed by atoms with van der Waals surface area (Å²) >= 11 is 0. The second-order valence-corrected chi connectivity index (χ2v) is 4.37. The van der Waals surface area contributed by atoms with Crippen LogP contribution in [0.5, 0.6) is 0 Å². The first-order valence-corrected chi connectivity index (χ1v) is 5.87. The first-order valence-electron chi connectivity index (χ1n) is 5.87. The number of carboxylic acids is 1. The van der Waals surface area contributed by atoms with E-state index in [4.69, 9.17) is 4.74 Å². The Bertz CT molecular complexity index is 229. The normalized spacial score (nSPS) is 21.6. The van der Waals surface area contributed by atoms with Crippen molar-refractivity contribution in [3.8, 4) is 0 Å². The van der Waals surface area contributed by atoms with Crippen molar-refractivity contribution < 1.29 is 14.6 Å². The van der Waals surface area contributed by atoms with Crippen LogP contribution in [0.15, 0.2) is 0 Å². The third kappa shape index (κ3) is 3.73. The van der Waals surface area contributed by atoms with Crippen LogP contribution < -0.4 is 5.32 Å². The van der Waals surface area contributed by atoms with Gasteiger partial charge in [0.15, 0.2) is 0 Å². The summed E-state index contributed by atoms with van der Waals surface area (Å²) in [5.41, 5.74) is -0.812.